The first kappa shape index (κ1) is 13.9. The van der Waals surface area contributed by atoms with Gasteiger partial charge < -0.3 is 5.11 Å². The second-order valence-corrected chi connectivity index (χ2v) is 17.6. The Morgan fingerprint density at radius 2 is 1.29 bits per heavy atom. The van der Waals surface area contributed by atoms with Crippen molar-refractivity contribution in [2.75, 3.05) is 0 Å². The van der Waals surface area contributed by atoms with Gasteiger partial charge >= 0.3 is 5.97 Å². The lowest BCUT2D eigenvalue weighted by Gasteiger charge is -2.40. The van der Waals surface area contributed by atoms with Crippen molar-refractivity contribution in [3.05, 3.63) is 0 Å². The van der Waals surface area contributed by atoms with Crippen LogP contribution in [-0.2, 0) is 4.79 Å². The Morgan fingerprint density at radius 1 is 1.00 bits per heavy atom. The van der Waals surface area contributed by atoms with Crippen LogP contribution in [0, 0.1) is 5.92 Å². The summed E-state index contributed by atoms with van der Waals surface area (Å²) in [5.74, 6) is -0.798. The van der Waals surface area contributed by atoms with Crippen molar-refractivity contribution in [1.29, 1.82) is 0 Å². The van der Waals surface area contributed by atoms with Gasteiger partial charge in [0.05, 0.1) is 5.92 Å². The van der Waals surface area contributed by atoms with Crippen molar-refractivity contribution in [1.82, 2.24) is 0 Å². The molecule has 0 radical (unpaired) electrons. The second kappa shape index (κ2) is 4.18. The van der Waals surface area contributed by atoms with Gasteiger partial charge in [0.1, 0.15) is 0 Å². The van der Waals surface area contributed by atoms with Crippen molar-refractivity contribution >= 4 is 22.1 Å². The summed E-state index contributed by atoms with van der Waals surface area (Å²) in [7, 11) is -2.73. The van der Waals surface area contributed by atoms with Crippen LogP contribution in [-0.4, -0.2) is 27.2 Å². The molecule has 0 spiro atoms. The average molecular weight is 232 g/mol. The van der Waals surface area contributed by atoms with E-state index in [2.05, 4.69) is 39.3 Å². The molecule has 0 bridgehead atoms. The molecule has 0 aliphatic carbocycles. The zero-order valence-electron chi connectivity index (χ0n) is 10.5. The van der Waals surface area contributed by atoms with E-state index in [1.807, 2.05) is 6.92 Å². The van der Waals surface area contributed by atoms with Gasteiger partial charge in [-0.3, -0.25) is 4.79 Å². The summed E-state index contributed by atoms with van der Waals surface area (Å²) in [6, 6.07) is 0. The smallest absolute Gasteiger partial charge is 0.305 e. The fourth-order valence-corrected chi connectivity index (χ4v) is 16.6. The van der Waals surface area contributed by atoms with Gasteiger partial charge in [-0.25, -0.2) is 0 Å². The zero-order valence-corrected chi connectivity index (χ0v) is 12.5. The molecule has 0 aromatic carbocycles. The first-order chi connectivity index (χ1) is 5.98. The molecule has 84 valence electrons. The summed E-state index contributed by atoms with van der Waals surface area (Å²) in [4.78, 5) is 11.1. The topological polar surface area (TPSA) is 37.3 Å². The van der Waals surface area contributed by atoms with Gasteiger partial charge in [-0.2, -0.15) is 0 Å². The quantitative estimate of drug-likeness (QED) is 0.755. The van der Waals surface area contributed by atoms with Gasteiger partial charge in [-0.1, -0.05) is 46.2 Å². The summed E-state index contributed by atoms with van der Waals surface area (Å²) < 4.78 is 0. The van der Waals surface area contributed by atoms with Crippen molar-refractivity contribution in [3.63, 3.8) is 0 Å². The molecule has 0 heterocycles. The molecule has 2 nitrogen and oxygen atoms in total. The highest BCUT2D eigenvalue weighted by molar-refractivity contribution is 6.96. The molecule has 0 aromatic rings. The molecule has 0 fully saturated rings. The fourth-order valence-electron chi connectivity index (χ4n) is 2.94. The number of aliphatic carboxylic acids is 1. The maximum Gasteiger partial charge on any atom is 0.305 e. The first-order valence-corrected chi connectivity index (χ1v) is 12.4. The Kier molecular flexibility index (Phi) is 4.16. The lowest BCUT2D eigenvalue weighted by atomic mass is 10.2. The van der Waals surface area contributed by atoms with Gasteiger partial charge in [0.25, 0.3) is 0 Å². The van der Waals surface area contributed by atoms with Crippen LogP contribution in [0.15, 0.2) is 0 Å². The van der Waals surface area contributed by atoms with Crippen LogP contribution in [0.4, 0.5) is 0 Å². The van der Waals surface area contributed by atoms with Crippen LogP contribution in [0.25, 0.3) is 0 Å². The molecule has 0 aliphatic rings. The highest BCUT2D eigenvalue weighted by Gasteiger charge is 2.43. The molecule has 0 saturated heterocycles. The summed E-state index contributed by atoms with van der Waals surface area (Å²) in [5, 5.41) is 9.57. The third-order valence-electron chi connectivity index (χ3n) is 2.76. The zero-order chi connectivity index (χ0) is 11.7. The monoisotopic (exact) mass is 232 g/mol. The Bertz CT molecular complexity index is 199. The van der Waals surface area contributed by atoms with Crippen LogP contribution < -0.4 is 0 Å². The van der Waals surface area contributed by atoms with Crippen molar-refractivity contribution < 1.29 is 9.90 Å². The van der Waals surface area contributed by atoms with E-state index < -0.39 is 22.1 Å². The lowest BCUT2D eigenvalue weighted by molar-refractivity contribution is -0.140. The first-order valence-electron chi connectivity index (χ1n) is 5.20. The van der Waals surface area contributed by atoms with Crippen molar-refractivity contribution in [2.45, 2.75) is 51.4 Å². The molecule has 0 amide bonds. The van der Waals surface area contributed by atoms with Crippen LogP contribution in [0.5, 0.6) is 0 Å². The van der Waals surface area contributed by atoms with E-state index in [4.69, 9.17) is 5.11 Å². The van der Waals surface area contributed by atoms with E-state index in [1.165, 1.54) is 0 Å². The van der Waals surface area contributed by atoms with E-state index in [0.717, 1.165) is 0 Å². The normalized spacial score (nSPS) is 15.7. The van der Waals surface area contributed by atoms with Gasteiger partial charge in [-0.05, 0) is 5.16 Å². The molecule has 1 N–H and O–H groups in total. The van der Waals surface area contributed by atoms with E-state index in [-0.39, 0.29) is 5.92 Å². The molecule has 4 heteroatoms. The largest absolute Gasteiger partial charge is 0.481 e. The van der Waals surface area contributed by atoms with Crippen LogP contribution in [0.3, 0.4) is 0 Å². The minimum atomic E-state index is -1.37. The van der Waals surface area contributed by atoms with Gasteiger partial charge in [0, 0.05) is 16.1 Å². The molecule has 0 saturated carbocycles. The number of carboxylic acid groups (broad SMARTS) is 1. The number of hydrogen-bond acceptors (Lipinski definition) is 1. The van der Waals surface area contributed by atoms with E-state index in [0.29, 0.717) is 5.16 Å². The number of hydrogen-bond donors (Lipinski definition) is 1. The molecular formula is C10H24O2Si2. The molecule has 1 atom stereocenters. The predicted octanol–water partition coefficient (Wildman–Crippen LogP) is 3.29. The number of carboxylic acids is 1. The van der Waals surface area contributed by atoms with Crippen molar-refractivity contribution in [3.8, 4) is 0 Å². The Labute approximate surface area is 89.7 Å². The second-order valence-electron chi connectivity index (χ2n) is 6.34. The fraction of sp³-hybridized carbons (Fsp3) is 0.900. The van der Waals surface area contributed by atoms with E-state index in [1.54, 1.807) is 0 Å². The molecule has 0 aliphatic heterocycles. The maximum atomic E-state index is 11.1. The summed E-state index contributed by atoms with van der Waals surface area (Å²) in [6.45, 7) is 15.6. The summed E-state index contributed by atoms with van der Waals surface area (Å²) in [5.41, 5.74) is 0. The average Bonchev–Trinajstić information content (AvgIpc) is 1.79. The molecular weight excluding hydrogens is 208 g/mol. The molecule has 0 aromatic heterocycles. The highest BCUT2D eigenvalue weighted by atomic mass is 28.4. The Balaban J connectivity index is 5.03. The lowest BCUT2D eigenvalue weighted by Crippen LogP contribution is -2.48. The van der Waals surface area contributed by atoms with Gasteiger partial charge in [0.2, 0.25) is 0 Å². The molecule has 14 heavy (non-hydrogen) atoms. The number of carbonyl (C=O) groups is 1. The van der Waals surface area contributed by atoms with Crippen LogP contribution in [0.2, 0.25) is 44.4 Å². The van der Waals surface area contributed by atoms with Crippen LogP contribution >= 0.6 is 0 Å². The van der Waals surface area contributed by atoms with Gasteiger partial charge in [0.15, 0.2) is 0 Å². The third-order valence-corrected chi connectivity index (χ3v) is 12.7. The predicted molar refractivity (Wildman–Crippen MR) is 67.2 cm³/mol. The maximum absolute atomic E-state index is 11.1. The Morgan fingerprint density at radius 3 is 1.36 bits per heavy atom. The standard InChI is InChI=1S/C10H24O2Si2/c1-8(9(11)12)10(13(2,3)4)14(5,6)7/h8,10H,1-7H3,(H,11,12). The summed E-state index contributed by atoms with van der Waals surface area (Å²) >= 11 is 0. The van der Waals surface area contributed by atoms with Crippen molar-refractivity contribution in [2.24, 2.45) is 5.92 Å². The molecule has 0 rings (SSSR count). The summed E-state index contributed by atoms with van der Waals surface area (Å²) in [6.07, 6.45) is 0. The minimum absolute atomic E-state index is 0.173. The SMILES string of the molecule is CC(C(=O)O)C([Si](C)(C)C)[Si](C)(C)C. The Hall–Kier alpha value is -0.0962. The van der Waals surface area contributed by atoms with E-state index in [9.17, 15) is 4.79 Å². The highest BCUT2D eigenvalue weighted by Crippen LogP contribution is 2.38. The van der Waals surface area contributed by atoms with Gasteiger partial charge in [-0.15, -0.1) is 0 Å². The van der Waals surface area contributed by atoms with E-state index >= 15 is 0 Å². The van der Waals surface area contributed by atoms with Crippen LogP contribution in [0.1, 0.15) is 6.92 Å². The third kappa shape index (κ3) is 3.57. The molecule has 1 unspecified atom stereocenters. The number of rotatable bonds is 4. The minimum Gasteiger partial charge on any atom is -0.481 e.